The van der Waals surface area contributed by atoms with Crippen molar-refractivity contribution in [2.45, 2.75) is 32.0 Å². The molecule has 3 aromatic carbocycles. The fourth-order valence-corrected chi connectivity index (χ4v) is 5.74. The summed E-state index contributed by atoms with van der Waals surface area (Å²) in [5, 5.41) is 5.56. The molecule has 0 aliphatic carbocycles. The highest BCUT2D eigenvalue weighted by molar-refractivity contribution is 6.05. The zero-order valence-electron chi connectivity index (χ0n) is 23.8. The van der Waals surface area contributed by atoms with Crippen LogP contribution in [0.4, 0.5) is 0 Å². The van der Waals surface area contributed by atoms with Crippen LogP contribution in [0.3, 0.4) is 0 Å². The SMILES string of the molecule is CN(Cc1ccccc1)C(=O)c1ccc(Cn2nc(C(=O)N3CCN(C(=O)C4CCCO4)CC3)c3ccccc32)cc1. The molecule has 2 saturated heterocycles. The first-order valence-electron chi connectivity index (χ1n) is 14.5. The molecule has 9 heteroatoms. The van der Waals surface area contributed by atoms with Gasteiger partial charge in [-0.3, -0.25) is 19.1 Å². The van der Waals surface area contributed by atoms with Crippen molar-refractivity contribution in [2.24, 2.45) is 0 Å². The van der Waals surface area contributed by atoms with Crippen molar-refractivity contribution in [1.29, 1.82) is 0 Å². The molecule has 216 valence electrons. The summed E-state index contributed by atoms with van der Waals surface area (Å²) in [6.07, 6.45) is 1.35. The van der Waals surface area contributed by atoms with Gasteiger partial charge in [-0.25, -0.2) is 0 Å². The third kappa shape index (κ3) is 5.78. The quantitative estimate of drug-likeness (QED) is 0.340. The summed E-state index contributed by atoms with van der Waals surface area (Å²) in [4.78, 5) is 44.6. The lowest BCUT2D eigenvalue weighted by molar-refractivity contribution is -0.142. The smallest absolute Gasteiger partial charge is 0.275 e. The third-order valence-electron chi connectivity index (χ3n) is 8.09. The highest BCUT2D eigenvalue weighted by Crippen LogP contribution is 2.23. The summed E-state index contributed by atoms with van der Waals surface area (Å²) < 4.78 is 7.40. The van der Waals surface area contributed by atoms with Crippen molar-refractivity contribution >= 4 is 28.6 Å². The third-order valence-corrected chi connectivity index (χ3v) is 8.09. The van der Waals surface area contributed by atoms with Gasteiger partial charge in [-0.1, -0.05) is 60.7 Å². The maximum atomic E-state index is 13.6. The van der Waals surface area contributed by atoms with Crippen LogP contribution in [0.2, 0.25) is 0 Å². The lowest BCUT2D eigenvalue weighted by atomic mass is 10.1. The summed E-state index contributed by atoms with van der Waals surface area (Å²) in [5.74, 6) is -0.137. The van der Waals surface area contributed by atoms with Crippen LogP contribution in [0.25, 0.3) is 10.9 Å². The molecule has 1 unspecified atom stereocenters. The monoisotopic (exact) mass is 565 g/mol. The van der Waals surface area contributed by atoms with Crippen molar-refractivity contribution in [2.75, 3.05) is 39.8 Å². The fourth-order valence-electron chi connectivity index (χ4n) is 5.74. The normalized spacial score (nSPS) is 17.0. The van der Waals surface area contributed by atoms with E-state index in [0.717, 1.165) is 34.9 Å². The Morgan fingerprint density at radius 2 is 1.55 bits per heavy atom. The molecule has 6 rings (SSSR count). The zero-order chi connectivity index (χ0) is 29.1. The van der Waals surface area contributed by atoms with Gasteiger partial charge in [-0.15, -0.1) is 0 Å². The van der Waals surface area contributed by atoms with Gasteiger partial charge < -0.3 is 19.4 Å². The van der Waals surface area contributed by atoms with E-state index < -0.39 is 0 Å². The maximum Gasteiger partial charge on any atom is 0.275 e. The average molecular weight is 566 g/mol. The molecule has 3 amide bonds. The molecule has 0 spiro atoms. The van der Waals surface area contributed by atoms with Gasteiger partial charge in [0.2, 0.25) is 0 Å². The minimum Gasteiger partial charge on any atom is -0.368 e. The van der Waals surface area contributed by atoms with E-state index in [0.29, 0.717) is 57.1 Å². The number of hydrogen-bond acceptors (Lipinski definition) is 5. The number of rotatable bonds is 7. The Morgan fingerprint density at radius 3 is 2.26 bits per heavy atom. The number of hydrogen-bond donors (Lipinski definition) is 0. The Balaban J connectivity index is 1.13. The van der Waals surface area contributed by atoms with Gasteiger partial charge in [0.25, 0.3) is 17.7 Å². The molecule has 2 aliphatic rings. The molecule has 1 aromatic heterocycles. The molecule has 1 atom stereocenters. The Labute approximate surface area is 245 Å². The number of benzene rings is 3. The van der Waals surface area contributed by atoms with Gasteiger partial charge in [-0.05, 0) is 42.2 Å². The highest BCUT2D eigenvalue weighted by Gasteiger charge is 2.32. The molecule has 0 N–H and O–H groups in total. The average Bonchev–Trinajstić information content (AvgIpc) is 3.70. The van der Waals surface area contributed by atoms with E-state index in [1.54, 1.807) is 16.8 Å². The van der Waals surface area contributed by atoms with Crippen LogP contribution in [0, 0.1) is 0 Å². The number of carbonyl (C=O) groups excluding carboxylic acids is 3. The molecular formula is C33H35N5O4. The molecule has 0 saturated carbocycles. The number of ether oxygens (including phenoxy) is 1. The van der Waals surface area contributed by atoms with Crippen molar-refractivity contribution in [3.05, 3.63) is 101 Å². The fraction of sp³-hybridized carbons (Fsp3) is 0.333. The van der Waals surface area contributed by atoms with Crippen LogP contribution in [0.5, 0.6) is 0 Å². The number of aromatic nitrogens is 2. The second-order valence-corrected chi connectivity index (χ2v) is 11.0. The number of amides is 3. The summed E-state index contributed by atoms with van der Waals surface area (Å²) in [7, 11) is 1.81. The molecular weight excluding hydrogens is 530 g/mol. The lowest BCUT2D eigenvalue weighted by Crippen LogP contribution is -2.52. The van der Waals surface area contributed by atoms with E-state index in [4.69, 9.17) is 9.84 Å². The van der Waals surface area contributed by atoms with Crippen molar-refractivity contribution < 1.29 is 19.1 Å². The first-order chi connectivity index (χ1) is 20.5. The maximum absolute atomic E-state index is 13.6. The predicted molar refractivity (Wildman–Crippen MR) is 159 cm³/mol. The lowest BCUT2D eigenvalue weighted by Gasteiger charge is -2.35. The van der Waals surface area contributed by atoms with Crippen LogP contribution in [-0.2, 0) is 22.6 Å². The summed E-state index contributed by atoms with van der Waals surface area (Å²) in [6, 6.07) is 25.2. The van der Waals surface area contributed by atoms with Crippen LogP contribution < -0.4 is 0 Å². The van der Waals surface area contributed by atoms with Crippen molar-refractivity contribution in [3.63, 3.8) is 0 Å². The number of fused-ring (bicyclic) bond motifs is 1. The molecule has 3 heterocycles. The minimum absolute atomic E-state index is 0.0323. The Bertz CT molecular complexity index is 1570. The van der Waals surface area contributed by atoms with Gasteiger partial charge in [0.05, 0.1) is 12.1 Å². The van der Waals surface area contributed by atoms with Gasteiger partial charge in [0.15, 0.2) is 5.69 Å². The minimum atomic E-state index is -0.339. The topological polar surface area (TPSA) is 88.0 Å². The summed E-state index contributed by atoms with van der Waals surface area (Å²) in [5.41, 5.74) is 3.96. The number of para-hydroxylation sites is 1. The van der Waals surface area contributed by atoms with Gasteiger partial charge in [0.1, 0.15) is 6.10 Å². The van der Waals surface area contributed by atoms with Crippen LogP contribution in [-0.4, -0.2) is 88.1 Å². The van der Waals surface area contributed by atoms with Gasteiger partial charge in [-0.2, -0.15) is 5.10 Å². The van der Waals surface area contributed by atoms with Crippen molar-refractivity contribution in [1.82, 2.24) is 24.5 Å². The van der Waals surface area contributed by atoms with E-state index in [1.165, 1.54) is 0 Å². The van der Waals surface area contributed by atoms with E-state index >= 15 is 0 Å². The molecule has 2 fully saturated rings. The molecule has 4 aromatic rings. The molecule has 9 nitrogen and oxygen atoms in total. The largest absolute Gasteiger partial charge is 0.368 e. The Hall–Kier alpha value is -4.50. The number of piperazine rings is 1. The predicted octanol–water partition coefficient (Wildman–Crippen LogP) is 3.82. The van der Waals surface area contributed by atoms with Gasteiger partial charge >= 0.3 is 0 Å². The van der Waals surface area contributed by atoms with Crippen molar-refractivity contribution in [3.8, 4) is 0 Å². The first kappa shape index (κ1) is 27.7. The second-order valence-electron chi connectivity index (χ2n) is 11.0. The molecule has 0 bridgehead atoms. The Morgan fingerprint density at radius 1 is 0.857 bits per heavy atom. The molecule has 2 aliphatic heterocycles. The molecule has 0 radical (unpaired) electrons. The van der Waals surface area contributed by atoms with Crippen LogP contribution in [0.1, 0.15) is 44.8 Å². The van der Waals surface area contributed by atoms with Crippen LogP contribution >= 0.6 is 0 Å². The van der Waals surface area contributed by atoms with E-state index in [9.17, 15) is 14.4 Å². The first-order valence-corrected chi connectivity index (χ1v) is 14.5. The summed E-state index contributed by atoms with van der Waals surface area (Å²) >= 11 is 0. The Kier molecular flexibility index (Phi) is 8.01. The van der Waals surface area contributed by atoms with E-state index in [2.05, 4.69) is 0 Å². The van der Waals surface area contributed by atoms with Gasteiger partial charge in [0, 0.05) is 57.3 Å². The standard InChI is InChI=1S/C33H35N5O4/c1-35(22-24-8-3-2-4-9-24)31(39)26-15-13-25(14-16-26)23-38-28-11-6-5-10-27(28)30(34-38)33(41)37-19-17-36(18-20-37)32(40)29-12-7-21-42-29/h2-6,8-11,13-16,29H,7,12,17-23H2,1H3. The molecule has 42 heavy (non-hydrogen) atoms. The highest BCUT2D eigenvalue weighted by atomic mass is 16.5. The summed E-state index contributed by atoms with van der Waals surface area (Å²) in [6.45, 7) is 3.56. The number of nitrogens with zero attached hydrogens (tertiary/aromatic N) is 5. The zero-order valence-corrected chi connectivity index (χ0v) is 23.8. The number of carbonyl (C=O) groups is 3. The second kappa shape index (κ2) is 12.2. The van der Waals surface area contributed by atoms with E-state index in [1.807, 2.05) is 88.4 Å². The van der Waals surface area contributed by atoms with E-state index in [-0.39, 0.29) is 23.8 Å². The van der Waals surface area contributed by atoms with Crippen LogP contribution in [0.15, 0.2) is 78.9 Å².